The maximum Gasteiger partial charge on any atom is 0.503 e. The lowest BCUT2D eigenvalue weighted by Crippen LogP contribution is -2.03. The number of hydrogen-bond acceptors (Lipinski definition) is 4. The third-order valence-electron chi connectivity index (χ3n) is 0.264. The lowest BCUT2D eigenvalue weighted by Gasteiger charge is -1.90. The molecule has 0 fully saturated rings. The van der Waals surface area contributed by atoms with Crippen LogP contribution in [-0.2, 0) is 4.74 Å². The number of methoxy groups -OCH3 is 1. The highest BCUT2D eigenvalue weighted by atomic mass is 16.6. The third kappa shape index (κ3) is 460. The van der Waals surface area contributed by atoms with Crippen LogP contribution in [0.5, 0.6) is 0 Å². The van der Waals surface area contributed by atoms with E-state index < -0.39 is 12.3 Å². The van der Waals surface area contributed by atoms with Crippen LogP contribution in [0.3, 0.4) is 0 Å². The van der Waals surface area contributed by atoms with E-state index in [-0.39, 0.29) is 6.61 Å². The Morgan fingerprint density at radius 1 is 1.42 bits per heavy atom. The van der Waals surface area contributed by atoms with E-state index in [0.29, 0.717) is 0 Å². The van der Waals surface area contributed by atoms with Crippen LogP contribution >= 0.6 is 0 Å². The van der Waals surface area contributed by atoms with Crippen LogP contribution in [0.25, 0.3) is 0 Å². The Balaban J connectivity index is -0.000000105. The van der Waals surface area contributed by atoms with E-state index in [4.69, 9.17) is 25.2 Å². The molecule has 0 aliphatic rings. The molecule has 1 unspecified atom stereocenters. The third-order valence-corrected chi connectivity index (χ3v) is 0.264. The first-order valence-electron chi connectivity index (χ1n) is 3.03. The number of ether oxygens (including phenoxy) is 1. The van der Waals surface area contributed by atoms with Gasteiger partial charge in [-0.15, -0.1) is 0 Å². The summed E-state index contributed by atoms with van der Waals surface area (Å²) in [4.78, 5) is 8.56. The first-order chi connectivity index (χ1) is 5.42. The van der Waals surface area contributed by atoms with E-state index in [1.165, 1.54) is 6.92 Å². The molecule has 0 rings (SSSR count). The van der Waals surface area contributed by atoms with Crippen molar-refractivity contribution in [2.24, 2.45) is 0 Å². The average Bonchev–Trinajstić information content (AvgIpc) is 1.88. The molecule has 0 aliphatic carbocycles. The highest BCUT2D eigenvalue weighted by molar-refractivity contribution is 5.53. The van der Waals surface area contributed by atoms with E-state index in [1.807, 2.05) is 0 Å². The van der Waals surface area contributed by atoms with Crippen molar-refractivity contribution >= 4 is 6.16 Å². The fourth-order valence-corrected chi connectivity index (χ4v) is 0. The van der Waals surface area contributed by atoms with Gasteiger partial charge in [0.1, 0.15) is 0 Å². The minimum atomic E-state index is -1.83. The van der Waals surface area contributed by atoms with Crippen LogP contribution in [0, 0.1) is 0 Å². The van der Waals surface area contributed by atoms with E-state index >= 15 is 0 Å². The van der Waals surface area contributed by atoms with Crippen LogP contribution in [0.15, 0.2) is 0 Å². The smallest absolute Gasteiger partial charge is 0.450 e. The number of hydrogen-bond donors (Lipinski definition) is 4. The van der Waals surface area contributed by atoms with Gasteiger partial charge < -0.3 is 25.2 Å². The summed E-state index contributed by atoms with van der Waals surface area (Å²) < 4.78 is 4.25. The Bertz CT molecular complexity index is 78.1. The summed E-state index contributed by atoms with van der Waals surface area (Å²) in [6.45, 7) is 1.39. The number of carbonyl (C=O) groups is 1. The van der Waals surface area contributed by atoms with Gasteiger partial charge in [0.15, 0.2) is 0 Å². The predicted molar refractivity (Wildman–Crippen MR) is 42.4 cm³/mol. The van der Waals surface area contributed by atoms with Gasteiger partial charge in [0.25, 0.3) is 0 Å². The predicted octanol–water partition coefficient (Wildman–Crippen LogP) is -0.156. The second-order valence-electron chi connectivity index (χ2n) is 1.72. The molecule has 6 heteroatoms. The van der Waals surface area contributed by atoms with Gasteiger partial charge in [-0.3, -0.25) is 0 Å². The van der Waals surface area contributed by atoms with Crippen LogP contribution in [0.2, 0.25) is 0 Å². The summed E-state index contributed by atoms with van der Waals surface area (Å²) in [5, 5.41) is 29.9. The van der Waals surface area contributed by atoms with Crippen LogP contribution in [0.4, 0.5) is 4.79 Å². The van der Waals surface area contributed by atoms with Gasteiger partial charge in [0.2, 0.25) is 0 Å². The Morgan fingerprint density at radius 2 is 1.50 bits per heavy atom. The Hall–Kier alpha value is -0.850. The summed E-state index contributed by atoms with van der Waals surface area (Å²) in [5.41, 5.74) is 0. The maximum atomic E-state index is 8.56. The van der Waals surface area contributed by atoms with Gasteiger partial charge in [-0.25, -0.2) is 4.79 Å². The first-order valence-corrected chi connectivity index (χ1v) is 3.03. The van der Waals surface area contributed by atoms with E-state index in [0.717, 1.165) is 0 Å². The van der Waals surface area contributed by atoms with E-state index in [1.54, 1.807) is 14.2 Å². The molecule has 0 amide bonds. The normalized spacial score (nSPS) is 9.75. The maximum absolute atomic E-state index is 8.56. The lowest BCUT2D eigenvalue weighted by molar-refractivity contribution is 0.110. The second kappa shape index (κ2) is 16.6. The zero-order chi connectivity index (χ0) is 10.6. The largest absolute Gasteiger partial charge is 0.503 e. The molecule has 0 heterocycles. The van der Waals surface area contributed by atoms with Crippen LogP contribution in [0.1, 0.15) is 6.92 Å². The molecule has 12 heavy (non-hydrogen) atoms. The molecule has 0 aliphatic heterocycles. The Kier molecular flexibility index (Phi) is 24.0. The number of aliphatic hydroxyl groups excluding tert-OH is 2. The molecule has 1 atom stereocenters. The molecule has 6 nitrogen and oxygen atoms in total. The summed E-state index contributed by atoms with van der Waals surface area (Å²) in [6, 6.07) is 0. The molecule has 0 radical (unpaired) electrons. The van der Waals surface area contributed by atoms with Gasteiger partial charge in [-0.1, -0.05) is 0 Å². The van der Waals surface area contributed by atoms with Crippen molar-refractivity contribution in [3.05, 3.63) is 0 Å². The van der Waals surface area contributed by atoms with Crippen LogP contribution < -0.4 is 0 Å². The van der Waals surface area contributed by atoms with Gasteiger partial charge in [0.05, 0.1) is 12.7 Å². The molecule has 4 N–H and O–H groups in total. The topological polar surface area (TPSA) is 107 Å². The Labute approximate surface area is 71.0 Å². The lowest BCUT2D eigenvalue weighted by atomic mass is 10.5. The van der Waals surface area contributed by atoms with Crippen molar-refractivity contribution in [3.63, 3.8) is 0 Å². The molecule has 0 saturated carbocycles. The molecule has 0 aromatic heterocycles. The SMILES string of the molecule is CC(O)CO.COC.O=C(O)O. The summed E-state index contributed by atoms with van der Waals surface area (Å²) in [5.74, 6) is 0. The number of aliphatic hydroxyl groups is 2. The number of carboxylic acid groups (broad SMARTS) is 2. The minimum absolute atomic E-state index is 0.139. The highest BCUT2D eigenvalue weighted by Crippen LogP contribution is 1.68. The van der Waals surface area contributed by atoms with Crippen molar-refractivity contribution in [3.8, 4) is 0 Å². The molecular formula is C6H16O6. The molecule has 0 spiro atoms. The fourth-order valence-electron chi connectivity index (χ4n) is 0. The van der Waals surface area contributed by atoms with Crippen LogP contribution in [-0.4, -0.2) is 53.5 Å². The monoisotopic (exact) mass is 184 g/mol. The average molecular weight is 184 g/mol. The van der Waals surface area contributed by atoms with Gasteiger partial charge in [-0.2, -0.15) is 0 Å². The minimum Gasteiger partial charge on any atom is -0.450 e. The Morgan fingerprint density at radius 3 is 1.50 bits per heavy atom. The standard InChI is InChI=1S/C3H8O2.C2H6O.CH2O3/c1-3(5)2-4;1-3-2;2-1(3)4/h3-5H,2H2,1H3;1-2H3;(H2,2,3,4). The molecule has 76 valence electrons. The molecule has 0 aromatic rings. The molecule has 0 saturated heterocycles. The summed E-state index contributed by atoms with van der Waals surface area (Å²) in [7, 11) is 3.25. The van der Waals surface area contributed by atoms with E-state index in [2.05, 4.69) is 4.74 Å². The second-order valence-corrected chi connectivity index (χ2v) is 1.72. The highest BCUT2D eigenvalue weighted by Gasteiger charge is 1.83. The van der Waals surface area contributed by atoms with Crippen molar-refractivity contribution < 1.29 is 30.0 Å². The quantitative estimate of drug-likeness (QED) is 0.451. The van der Waals surface area contributed by atoms with Crippen molar-refractivity contribution in [2.45, 2.75) is 13.0 Å². The summed E-state index contributed by atoms with van der Waals surface area (Å²) >= 11 is 0. The molecule has 0 aromatic carbocycles. The summed E-state index contributed by atoms with van der Waals surface area (Å²) in [6.07, 6.45) is -2.39. The van der Waals surface area contributed by atoms with Gasteiger partial charge >= 0.3 is 6.16 Å². The van der Waals surface area contributed by atoms with Crippen molar-refractivity contribution in [2.75, 3.05) is 20.8 Å². The van der Waals surface area contributed by atoms with Crippen molar-refractivity contribution in [1.29, 1.82) is 0 Å². The molecular weight excluding hydrogens is 168 g/mol. The van der Waals surface area contributed by atoms with E-state index in [9.17, 15) is 0 Å². The zero-order valence-corrected chi connectivity index (χ0v) is 7.39. The van der Waals surface area contributed by atoms with Gasteiger partial charge in [-0.05, 0) is 6.92 Å². The fraction of sp³-hybridized carbons (Fsp3) is 0.833. The molecule has 0 bridgehead atoms. The van der Waals surface area contributed by atoms with Gasteiger partial charge in [0, 0.05) is 14.2 Å². The zero-order valence-electron chi connectivity index (χ0n) is 7.39. The van der Waals surface area contributed by atoms with Crippen molar-refractivity contribution in [1.82, 2.24) is 0 Å². The first kappa shape index (κ1) is 17.3. The number of rotatable bonds is 1.